The molecule has 2 amide bonds. The number of carbonyl (C=O) groups excluding carboxylic acids is 2. The van der Waals surface area contributed by atoms with Crippen molar-refractivity contribution in [3.63, 3.8) is 0 Å². The average molecular weight is 271 g/mol. The number of hydrogen-bond donors (Lipinski definition) is 2. The molecule has 0 atom stereocenters. The summed E-state index contributed by atoms with van der Waals surface area (Å²) in [7, 11) is 1.48. The highest BCUT2D eigenvalue weighted by molar-refractivity contribution is 6.08. The number of pyridine rings is 1. The van der Waals surface area contributed by atoms with Crippen molar-refractivity contribution < 1.29 is 14.3 Å². The van der Waals surface area contributed by atoms with Gasteiger partial charge in [-0.3, -0.25) is 14.6 Å². The fourth-order valence-corrected chi connectivity index (χ4v) is 1.65. The second kappa shape index (κ2) is 5.83. The van der Waals surface area contributed by atoms with Crippen LogP contribution < -0.4 is 15.8 Å². The Hall–Kier alpha value is -2.89. The molecule has 0 saturated heterocycles. The van der Waals surface area contributed by atoms with Gasteiger partial charge in [0.25, 0.3) is 11.8 Å². The molecule has 0 saturated carbocycles. The summed E-state index contributed by atoms with van der Waals surface area (Å²) in [5, 5.41) is 2.60. The van der Waals surface area contributed by atoms with E-state index in [2.05, 4.69) is 10.3 Å². The maximum absolute atomic E-state index is 12.0. The molecular weight excluding hydrogens is 258 g/mol. The third kappa shape index (κ3) is 2.92. The van der Waals surface area contributed by atoms with Crippen LogP contribution in [0.15, 0.2) is 42.6 Å². The standard InChI is InChI=1S/C14H13N3O3/c1-20-9-5-6-11(10(8-9)13(15)18)17-14(19)12-4-2-3-7-16-12/h2-8H,1H3,(H2,15,18)(H,17,19). The Balaban J connectivity index is 2.29. The number of anilines is 1. The van der Waals surface area contributed by atoms with Gasteiger partial charge in [0.2, 0.25) is 0 Å². The fourth-order valence-electron chi connectivity index (χ4n) is 1.65. The minimum Gasteiger partial charge on any atom is -0.497 e. The van der Waals surface area contributed by atoms with E-state index in [0.717, 1.165) is 0 Å². The molecule has 0 fully saturated rings. The van der Waals surface area contributed by atoms with Crippen LogP contribution in [0.1, 0.15) is 20.8 Å². The van der Waals surface area contributed by atoms with Crippen molar-refractivity contribution >= 4 is 17.5 Å². The number of primary amides is 1. The molecule has 2 aromatic rings. The van der Waals surface area contributed by atoms with Gasteiger partial charge < -0.3 is 15.8 Å². The summed E-state index contributed by atoms with van der Waals surface area (Å²) in [6, 6.07) is 9.63. The van der Waals surface area contributed by atoms with E-state index in [9.17, 15) is 9.59 Å². The minimum atomic E-state index is -0.653. The predicted octanol–water partition coefficient (Wildman–Crippen LogP) is 1.44. The van der Waals surface area contributed by atoms with Gasteiger partial charge in [0.1, 0.15) is 11.4 Å². The zero-order valence-corrected chi connectivity index (χ0v) is 10.8. The van der Waals surface area contributed by atoms with Crippen molar-refractivity contribution in [3.05, 3.63) is 53.9 Å². The molecular formula is C14H13N3O3. The first-order valence-electron chi connectivity index (χ1n) is 5.82. The number of aromatic nitrogens is 1. The smallest absolute Gasteiger partial charge is 0.274 e. The van der Waals surface area contributed by atoms with E-state index in [4.69, 9.17) is 10.5 Å². The van der Waals surface area contributed by atoms with Gasteiger partial charge in [0, 0.05) is 6.20 Å². The van der Waals surface area contributed by atoms with Crippen LogP contribution in [-0.2, 0) is 0 Å². The van der Waals surface area contributed by atoms with Crippen LogP contribution in [0, 0.1) is 0 Å². The van der Waals surface area contributed by atoms with Gasteiger partial charge in [-0.05, 0) is 30.3 Å². The van der Waals surface area contributed by atoms with E-state index in [1.54, 1.807) is 30.3 Å². The number of rotatable bonds is 4. The van der Waals surface area contributed by atoms with E-state index in [1.165, 1.54) is 19.4 Å². The molecule has 0 aliphatic heterocycles. The highest BCUT2D eigenvalue weighted by Gasteiger charge is 2.14. The van der Waals surface area contributed by atoms with Crippen molar-refractivity contribution in [1.82, 2.24) is 4.98 Å². The van der Waals surface area contributed by atoms with Crippen molar-refractivity contribution in [2.45, 2.75) is 0 Å². The van der Waals surface area contributed by atoms with E-state index in [0.29, 0.717) is 11.4 Å². The topological polar surface area (TPSA) is 94.3 Å². The molecule has 0 aliphatic carbocycles. The summed E-state index contributed by atoms with van der Waals surface area (Å²) in [6.07, 6.45) is 1.51. The number of nitrogens with two attached hydrogens (primary N) is 1. The molecule has 6 nitrogen and oxygen atoms in total. The second-order valence-corrected chi connectivity index (χ2v) is 3.94. The molecule has 1 heterocycles. The minimum absolute atomic E-state index is 0.175. The lowest BCUT2D eigenvalue weighted by Crippen LogP contribution is -2.19. The largest absolute Gasteiger partial charge is 0.497 e. The lowest BCUT2D eigenvalue weighted by Gasteiger charge is -2.10. The van der Waals surface area contributed by atoms with Crippen molar-refractivity contribution in [2.24, 2.45) is 5.73 Å². The molecule has 0 unspecified atom stereocenters. The van der Waals surface area contributed by atoms with Crippen molar-refractivity contribution in [3.8, 4) is 5.75 Å². The highest BCUT2D eigenvalue weighted by atomic mass is 16.5. The van der Waals surface area contributed by atoms with E-state index in [1.807, 2.05) is 0 Å². The number of nitrogens with one attached hydrogen (secondary N) is 1. The molecule has 102 valence electrons. The first kappa shape index (κ1) is 13.5. The predicted molar refractivity (Wildman–Crippen MR) is 73.7 cm³/mol. The maximum Gasteiger partial charge on any atom is 0.274 e. The van der Waals surface area contributed by atoms with Crippen LogP contribution >= 0.6 is 0 Å². The molecule has 1 aromatic heterocycles. The Bertz CT molecular complexity index is 641. The quantitative estimate of drug-likeness (QED) is 0.879. The van der Waals surface area contributed by atoms with Gasteiger partial charge in [0.15, 0.2) is 0 Å². The Labute approximate surface area is 115 Å². The lowest BCUT2D eigenvalue weighted by atomic mass is 10.1. The molecule has 6 heteroatoms. The second-order valence-electron chi connectivity index (χ2n) is 3.94. The summed E-state index contributed by atoms with van der Waals surface area (Å²) >= 11 is 0. The van der Waals surface area contributed by atoms with Gasteiger partial charge in [-0.15, -0.1) is 0 Å². The Morgan fingerprint density at radius 2 is 2.05 bits per heavy atom. The van der Waals surface area contributed by atoms with Crippen molar-refractivity contribution in [2.75, 3.05) is 12.4 Å². The van der Waals surface area contributed by atoms with Gasteiger partial charge in [-0.2, -0.15) is 0 Å². The normalized spacial score (nSPS) is 9.85. The van der Waals surface area contributed by atoms with Gasteiger partial charge in [-0.25, -0.2) is 0 Å². The average Bonchev–Trinajstić information content (AvgIpc) is 2.48. The SMILES string of the molecule is COc1ccc(NC(=O)c2ccccn2)c(C(N)=O)c1. The Kier molecular flexibility index (Phi) is 3.95. The summed E-state index contributed by atoms with van der Waals surface area (Å²) < 4.78 is 5.02. The zero-order chi connectivity index (χ0) is 14.5. The Morgan fingerprint density at radius 1 is 1.25 bits per heavy atom. The van der Waals surface area contributed by atoms with E-state index in [-0.39, 0.29) is 11.3 Å². The summed E-state index contributed by atoms with van der Waals surface area (Å²) in [4.78, 5) is 27.3. The third-order valence-corrected chi connectivity index (χ3v) is 2.64. The number of carbonyl (C=O) groups is 2. The fraction of sp³-hybridized carbons (Fsp3) is 0.0714. The molecule has 3 N–H and O–H groups in total. The monoisotopic (exact) mass is 271 g/mol. The molecule has 20 heavy (non-hydrogen) atoms. The molecule has 0 aliphatic rings. The number of amides is 2. The molecule has 0 spiro atoms. The van der Waals surface area contributed by atoms with E-state index >= 15 is 0 Å². The number of ether oxygens (including phenoxy) is 1. The zero-order valence-electron chi connectivity index (χ0n) is 10.8. The van der Waals surface area contributed by atoms with Crippen LogP contribution in [0.3, 0.4) is 0 Å². The maximum atomic E-state index is 12.0. The number of methoxy groups -OCH3 is 1. The Morgan fingerprint density at radius 3 is 2.65 bits per heavy atom. The van der Waals surface area contributed by atoms with Crippen LogP contribution in [-0.4, -0.2) is 23.9 Å². The molecule has 0 radical (unpaired) electrons. The lowest BCUT2D eigenvalue weighted by molar-refractivity contribution is 0.100. The van der Waals surface area contributed by atoms with E-state index < -0.39 is 11.8 Å². The van der Waals surface area contributed by atoms with Crippen molar-refractivity contribution in [1.29, 1.82) is 0 Å². The van der Waals surface area contributed by atoms with Gasteiger partial charge >= 0.3 is 0 Å². The van der Waals surface area contributed by atoms with Crippen LogP contribution in [0.4, 0.5) is 5.69 Å². The summed E-state index contributed by atoms with van der Waals surface area (Å²) in [6.45, 7) is 0. The first-order chi connectivity index (χ1) is 9.61. The van der Waals surface area contributed by atoms with Crippen LogP contribution in [0.25, 0.3) is 0 Å². The number of hydrogen-bond acceptors (Lipinski definition) is 4. The van der Waals surface area contributed by atoms with Crippen LogP contribution in [0.5, 0.6) is 5.75 Å². The first-order valence-corrected chi connectivity index (χ1v) is 5.82. The highest BCUT2D eigenvalue weighted by Crippen LogP contribution is 2.22. The third-order valence-electron chi connectivity index (χ3n) is 2.64. The summed E-state index contributed by atoms with van der Waals surface area (Å²) in [5.41, 5.74) is 6.03. The molecule has 0 bridgehead atoms. The molecule has 1 aromatic carbocycles. The van der Waals surface area contributed by atoms with Gasteiger partial charge in [-0.1, -0.05) is 6.07 Å². The molecule has 2 rings (SSSR count). The van der Waals surface area contributed by atoms with Crippen LogP contribution in [0.2, 0.25) is 0 Å². The summed E-state index contributed by atoms with van der Waals surface area (Å²) in [5.74, 6) is -0.590. The number of benzene rings is 1. The number of nitrogens with zero attached hydrogens (tertiary/aromatic N) is 1. The van der Waals surface area contributed by atoms with Gasteiger partial charge in [0.05, 0.1) is 18.4 Å².